The van der Waals surface area contributed by atoms with Crippen LogP contribution in [0.2, 0.25) is 0 Å². The molecule has 6 heterocycles. The van der Waals surface area contributed by atoms with E-state index < -0.39 is 61.2 Å². The number of aromatic nitrogens is 4. The summed E-state index contributed by atoms with van der Waals surface area (Å²) in [6.07, 6.45) is 1.42. The number of rotatable bonds is 11. The molecule has 3 aliphatic rings. The number of carbonyl (C=O) groups is 4. The number of nitrogens with zero attached hydrogens (tertiary/aromatic N) is 2. The topological polar surface area (TPSA) is 181 Å². The van der Waals surface area contributed by atoms with E-state index in [1.807, 2.05) is 84.9 Å². The fraction of sp³-hybridized carbons (Fsp3) is 0.172. The summed E-state index contributed by atoms with van der Waals surface area (Å²) in [6.45, 7) is 4.32. The highest BCUT2D eigenvalue weighted by atomic mass is 16.7. The van der Waals surface area contributed by atoms with E-state index in [4.69, 9.17) is 38.4 Å². The van der Waals surface area contributed by atoms with Crippen molar-refractivity contribution in [2.24, 2.45) is 0 Å². The minimum atomic E-state index is -1.42. The Kier molecular flexibility index (Phi) is 13.2. The van der Waals surface area contributed by atoms with Gasteiger partial charge in [-0.15, -0.1) is 0 Å². The number of nitrogens with one attached hydrogen (secondary N) is 2. The Hall–Kier alpha value is -8.88. The van der Waals surface area contributed by atoms with E-state index >= 15 is 0 Å². The molecule has 0 spiro atoms. The zero-order chi connectivity index (χ0) is 49.9. The first-order valence-corrected chi connectivity index (χ1v) is 23.4. The summed E-state index contributed by atoms with van der Waals surface area (Å²) in [4.78, 5) is 67.6. The molecule has 0 amide bonds. The number of ether oxygens (including phenoxy) is 6. The molecule has 4 aromatic carbocycles. The summed E-state index contributed by atoms with van der Waals surface area (Å²) < 4.78 is 34.7. The Labute approximate surface area is 413 Å². The summed E-state index contributed by atoms with van der Waals surface area (Å²) in [7, 11) is 0. The molecular weight excluding hydrogens is 913 g/mol. The highest BCUT2D eigenvalue weighted by Gasteiger charge is 2.53. The first kappa shape index (κ1) is 46.8. The van der Waals surface area contributed by atoms with Crippen LogP contribution in [0.4, 0.5) is 0 Å². The SMILES string of the molecule is CC(=O)OC[C@H]1O[C@@H](Oc2ccc(-c3c4nc(c(-c5ccccc5)c5ccc([nH]5)c(-c5ccccc5)c5nc(c(-c6ccccc6)c6ccc3[nH]6)C=C5)C=C4)cc2)[C@H](OC(C)=O)[C@@H](OC(C)=O)[C@@H]1OC(C)=O. The number of aromatic amines is 2. The van der Waals surface area contributed by atoms with Gasteiger partial charge in [0.25, 0.3) is 0 Å². The Morgan fingerprint density at radius 2 is 0.806 bits per heavy atom. The van der Waals surface area contributed by atoms with E-state index in [-0.39, 0.29) is 5.75 Å². The molecule has 2 N–H and O–H groups in total. The van der Waals surface area contributed by atoms with Gasteiger partial charge in [-0.05, 0) is 83.0 Å². The molecule has 14 heteroatoms. The maximum Gasteiger partial charge on any atom is 0.303 e. The van der Waals surface area contributed by atoms with Crippen molar-refractivity contribution in [1.29, 1.82) is 0 Å². The van der Waals surface area contributed by atoms with E-state index in [0.717, 1.165) is 97.5 Å². The van der Waals surface area contributed by atoms with Crippen molar-refractivity contribution in [2.75, 3.05) is 6.61 Å². The number of H-pyrrole nitrogens is 2. The number of fused-ring (bicyclic) bond motifs is 8. The van der Waals surface area contributed by atoms with Crippen molar-refractivity contribution >= 4 is 70.2 Å². The van der Waals surface area contributed by atoms with Crippen LogP contribution < -0.4 is 4.74 Å². The lowest BCUT2D eigenvalue weighted by molar-refractivity contribution is -0.288. The van der Waals surface area contributed by atoms with E-state index in [0.29, 0.717) is 5.69 Å². The van der Waals surface area contributed by atoms with Crippen molar-refractivity contribution in [3.05, 3.63) is 162 Å². The normalized spacial score (nSPS) is 18.0. The Morgan fingerprint density at radius 3 is 1.18 bits per heavy atom. The molecule has 0 saturated carbocycles. The van der Waals surface area contributed by atoms with Crippen LogP contribution in [0.15, 0.2) is 140 Å². The third kappa shape index (κ3) is 9.80. The molecule has 3 aliphatic heterocycles. The Bertz CT molecular complexity index is 3400. The van der Waals surface area contributed by atoms with Gasteiger partial charge in [-0.1, -0.05) is 103 Å². The highest BCUT2D eigenvalue weighted by Crippen LogP contribution is 2.39. The fourth-order valence-corrected chi connectivity index (χ4v) is 9.35. The van der Waals surface area contributed by atoms with Gasteiger partial charge in [-0.25, -0.2) is 9.97 Å². The Morgan fingerprint density at radius 1 is 0.444 bits per heavy atom. The zero-order valence-electron chi connectivity index (χ0n) is 39.7. The van der Waals surface area contributed by atoms with Crippen LogP contribution in [-0.4, -0.2) is 81.1 Å². The summed E-state index contributed by atoms with van der Waals surface area (Å²) >= 11 is 0. The average Bonchev–Trinajstić information content (AvgIpc) is 4.23. The van der Waals surface area contributed by atoms with Gasteiger partial charge in [-0.2, -0.15) is 0 Å². The molecule has 1 fully saturated rings. The van der Waals surface area contributed by atoms with Crippen LogP contribution in [0, 0.1) is 0 Å². The smallest absolute Gasteiger partial charge is 0.303 e. The first-order valence-electron chi connectivity index (χ1n) is 23.4. The van der Waals surface area contributed by atoms with Crippen molar-refractivity contribution < 1.29 is 47.6 Å². The molecule has 14 nitrogen and oxygen atoms in total. The van der Waals surface area contributed by atoms with E-state index in [9.17, 15) is 19.2 Å². The van der Waals surface area contributed by atoms with Gasteiger partial charge in [0.2, 0.25) is 12.4 Å². The van der Waals surface area contributed by atoms with Crippen LogP contribution in [0.3, 0.4) is 0 Å². The molecule has 0 radical (unpaired) electrons. The minimum Gasteiger partial charge on any atom is -0.463 e. The number of benzene rings is 4. The first-order chi connectivity index (χ1) is 35.0. The second-order valence-corrected chi connectivity index (χ2v) is 17.3. The second-order valence-electron chi connectivity index (χ2n) is 17.3. The number of esters is 4. The van der Waals surface area contributed by atoms with Gasteiger partial charge in [-0.3, -0.25) is 19.2 Å². The van der Waals surface area contributed by atoms with Gasteiger partial charge >= 0.3 is 23.9 Å². The third-order valence-corrected chi connectivity index (χ3v) is 12.3. The molecule has 8 bridgehead atoms. The molecule has 7 aromatic rings. The standard InChI is InChI=1S/C58H48N4O10/c1-33(63)67-32-50-55(68-34(2)64)56(69-35(3)65)57(70-36(4)66)58(72-50)71-41-22-20-40(21-23-41)54-48-30-28-46(61-48)52(38-16-10-6-11-17-38)44-26-24-42(59-44)51(37-14-8-5-9-15-37)43-25-27-45(60-43)53(39-18-12-7-13-19-39)47-29-31-49(54)62-47/h5-31,50,55-59,62H,32H2,1-4H3/t50-,55-,56+,57-,58-/m1/s1. The third-order valence-electron chi connectivity index (χ3n) is 12.3. The molecule has 0 aliphatic carbocycles. The molecule has 5 atom stereocenters. The number of hydrogen-bond acceptors (Lipinski definition) is 12. The molecule has 1 saturated heterocycles. The fourth-order valence-electron chi connectivity index (χ4n) is 9.35. The second kappa shape index (κ2) is 20.2. The highest BCUT2D eigenvalue weighted by molar-refractivity contribution is 5.99. The van der Waals surface area contributed by atoms with Crippen LogP contribution in [0.25, 0.3) is 90.9 Å². The minimum absolute atomic E-state index is 0.281. The van der Waals surface area contributed by atoms with Crippen molar-refractivity contribution in [3.63, 3.8) is 0 Å². The van der Waals surface area contributed by atoms with Crippen LogP contribution in [-0.2, 0) is 42.9 Å². The molecule has 10 rings (SSSR count). The Balaban J connectivity index is 1.15. The maximum atomic E-state index is 12.6. The summed E-state index contributed by atoms with van der Waals surface area (Å²) in [5, 5.41) is 0. The summed E-state index contributed by atoms with van der Waals surface area (Å²) in [5.74, 6) is -2.57. The largest absolute Gasteiger partial charge is 0.463 e. The van der Waals surface area contributed by atoms with Gasteiger partial charge in [0.15, 0.2) is 12.2 Å². The lowest BCUT2D eigenvalue weighted by atomic mass is 9.98. The molecular formula is C58H48N4O10. The predicted molar refractivity (Wildman–Crippen MR) is 273 cm³/mol. The lowest BCUT2D eigenvalue weighted by Gasteiger charge is -2.43. The van der Waals surface area contributed by atoms with Crippen LogP contribution >= 0.6 is 0 Å². The maximum absolute atomic E-state index is 12.6. The van der Waals surface area contributed by atoms with Gasteiger partial charge in [0.1, 0.15) is 18.5 Å². The zero-order valence-corrected chi connectivity index (χ0v) is 39.7. The van der Waals surface area contributed by atoms with Gasteiger partial charge in [0.05, 0.1) is 22.8 Å². The predicted octanol–water partition coefficient (Wildman–Crippen LogP) is 10.8. The molecule has 360 valence electrons. The van der Waals surface area contributed by atoms with E-state index in [2.05, 4.69) is 76.7 Å². The number of hydrogen-bond donors (Lipinski definition) is 2. The summed E-state index contributed by atoms with van der Waals surface area (Å²) in [6, 6.07) is 46.0. The summed E-state index contributed by atoms with van der Waals surface area (Å²) in [5.41, 5.74) is 13.7. The molecule has 0 unspecified atom stereocenters. The lowest BCUT2D eigenvalue weighted by Crippen LogP contribution is -2.63. The van der Waals surface area contributed by atoms with E-state index in [1.54, 1.807) is 12.1 Å². The molecule has 3 aromatic heterocycles. The molecule has 72 heavy (non-hydrogen) atoms. The monoisotopic (exact) mass is 960 g/mol. The van der Waals surface area contributed by atoms with Crippen molar-refractivity contribution in [2.45, 2.75) is 58.4 Å². The van der Waals surface area contributed by atoms with E-state index in [1.165, 1.54) is 13.8 Å². The number of carbonyl (C=O) groups excluding carboxylic acids is 4. The van der Waals surface area contributed by atoms with Gasteiger partial charge < -0.3 is 38.4 Å². The van der Waals surface area contributed by atoms with Crippen molar-refractivity contribution in [3.8, 4) is 50.3 Å². The quantitative estimate of drug-likeness (QED) is 0.0926. The van der Waals surface area contributed by atoms with Crippen LogP contribution in [0.1, 0.15) is 50.5 Å². The average molecular weight is 961 g/mol. The van der Waals surface area contributed by atoms with Gasteiger partial charge in [0, 0.05) is 72.0 Å². The van der Waals surface area contributed by atoms with Crippen molar-refractivity contribution in [1.82, 2.24) is 19.9 Å². The van der Waals surface area contributed by atoms with Crippen LogP contribution in [0.5, 0.6) is 5.75 Å².